The number of carbonyl (C=O) groups excluding carboxylic acids is 2. The molecule has 132 valence electrons. The molecule has 10 heteroatoms. The van der Waals surface area contributed by atoms with Crippen molar-refractivity contribution in [3.8, 4) is 0 Å². The average molecular weight is 326 g/mol. The van der Waals surface area contributed by atoms with E-state index in [0.29, 0.717) is 0 Å². The molecule has 10 nitrogen and oxygen atoms in total. The highest BCUT2D eigenvalue weighted by atomic mass is 16.4. The topological polar surface area (TPSA) is 216 Å². The van der Waals surface area contributed by atoms with E-state index >= 15 is 0 Å². The molecular weight excluding hydrogens is 300 g/mol. The van der Waals surface area contributed by atoms with Gasteiger partial charge in [0, 0.05) is 0 Å². The summed E-state index contributed by atoms with van der Waals surface area (Å²) in [6.45, 7) is 2.19. The van der Waals surface area contributed by atoms with Crippen molar-refractivity contribution in [2.24, 2.45) is 0 Å². The Morgan fingerprint density at radius 3 is 1.18 bits per heavy atom. The summed E-state index contributed by atoms with van der Waals surface area (Å²) in [7, 11) is 0. The molecular formula is C12H26N2O8. The zero-order valence-electron chi connectivity index (χ0n) is 12.4. The molecule has 0 aromatic carbocycles. The van der Waals surface area contributed by atoms with E-state index in [9.17, 15) is 19.8 Å². The number of unbranched alkanes of at least 4 members (excludes halogenated alkanes) is 3. The van der Waals surface area contributed by atoms with Gasteiger partial charge in [0.2, 0.25) is 0 Å². The standard InChI is InChI=1S/C6H16N2.C6H10O8/c7-5-3-1-2-4-6-8;7-1(3(9)5(11)12)2(8)4(10)6(13)14/h1-8H2;1-4,7-10H,(H,11,12)(H,13,14)/t;1-,2+,3+,4-. The summed E-state index contributed by atoms with van der Waals surface area (Å²) in [4.78, 5) is 19.9. The van der Waals surface area contributed by atoms with Crippen LogP contribution < -0.4 is 21.7 Å². The van der Waals surface area contributed by atoms with Gasteiger partial charge in [0.25, 0.3) is 0 Å². The van der Waals surface area contributed by atoms with Crippen LogP contribution in [0.25, 0.3) is 0 Å². The van der Waals surface area contributed by atoms with Crippen molar-refractivity contribution < 1.29 is 51.7 Å². The number of rotatable bonds is 10. The number of hydrogen-bond acceptors (Lipinski definition) is 8. The lowest BCUT2D eigenvalue weighted by molar-refractivity contribution is -0.371. The number of hydrogen-bond donors (Lipinski definition) is 6. The van der Waals surface area contributed by atoms with Crippen molar-refractivity contribution in [3.05, 3.63) is 0 Å². The summed E-state index contributed by atoms with van der Waals surface area (Å²) in [5.74, 6) is -4.22. The van der Waals surface area contributed by atoms with Crippen LogP contribution in [-0.2, 0) is 9.59 Å². The lowest BCUT2D eigenvalue weighted by Gasteiger charge is -2.27. The second-order valence-corrected chi connectivity index (χ2v) is 4.63. The van der Waals surface area contributed by atoms with Crippen molar-refractivity contribution in [1.29, 1.82) is 0 Å². The van der Waals surface area contributed by atoms with E-state index in [1.165, 1.54) is 25.7 Å². The van der Waals surface area contributed by atoms with Crippen molar-refractivity contribution in [2.75, 3.05) is 13.1 Å². The molecule has 0 rings (SSSR count). The van der Waals surface area contributed by atoms with Crippen LogP contribution in [0.2, 0.25) is 0 Å². The van der Waals surface area contributed by atoms with Gasteiger partial charge >= 0.3 is 0 Å². The van der Waals surface area contributed by atoms with Crippen LogP contribution >= 0.6 is 0 Å². The van der Waals surface area contributed by atoms with Gasteiger partial charge in [0.05, 0.1) is 25.0 Å². The fourth-order valence-corrected chi connectivity index (χ4v) is 1.36. The first-order valence-electron chi connectivity index (χ1n) is 6.93. The number of carboxylic acid groups (broad SMARTS) is 2. The summed E-state index contributed by atoms with van der Waals surface area (Å²) in [6, 6.07) is 0. The summed E-state index contributed by atoms with van der Waals surface area (Å²) in [5, 5.41) is 54.7. The highest BCUT2D eigenvalue weighted by Crippen LogP contribution is 2.04. The largest absolute Gasteiger partial charge is 0.547 e. The van der Waals surface area contributed by atoms with Crippen LogP contribution in [0.15, 0.2) is 0 Å². The number of aliphatic hydroxyl groups excluding tert-OH is 4. The minimum absolute atomic E-state index is 1.09. The number of aliphatic hydroxyl groups is 4. The molecule has 0 aliphatic heterocycles. The Morgan fingerprint density at radius 1 is 0.727 bits per heavy atom. The number of carboxylic acids is 2. The third-order valence-electron chi connectivity index (χ3n) is 2.73. The highest BCUT2D eigenvalue weighted by Gasteiger charge is 2.31. The van der Waals surface area contributed by atoms with Gasteiger partial charge in [-0.2, -0.15) is 0 Å². The SMILES string of the molecule is O=C([O-])[C@@H](O)[C@H](O)[C@H](O)[C@@H](O)C(=O)[O-].[NH3+]CCCCCC[NH3+]. The molecule has 0 radical (unpaired) electrons. The van der Waals surface area contributed by atoms with Gasteiger partial charge in [0.1, 0.15) is 24.4 Å². The van der Waals surface area contributed by atoms with Crippen LogP contribution in [0.5, 0.6) is 0 Å². The summed E-state index contributed by atoms with van der Waals surface area (Å²) < 4.78 is 0. The number of quaternary nitrogens is 2. The molecule has 0 amide bonds. The van der Waals surface area contributed by atoms with Crippen LogP contribution in [-0.4, -0.2) is 69.9 Å². The Balaban J connectivity index is 0. The molecule has 0 saturated heterocycles. The van der Waals surface area contributed by atoms with Crippen LogP contribution in [0.1, 0.15) is 25.7 Å². The molecule has 10 N–H and O–H groups in total. The maximum Gasteiger partial charge on any atom is 0.122 e. The Labute approximate surface area is 128 Å². The third-order valence-corrected chi connectivity index (χ3v) is 2.73. The van der Waals surface area contributed by atoms with Gasteiger partial charge in [-0.05, 0) is 25.7 Å². The van der Waals surface area contributed by atoms with E-state index < -0.39 is 36.4 Å². The maximum absolute atomic E-state index is 9.96. The zero-order valence-corrected chi connectivity index (χ0v) is 12.4. The molecule has 0 fully saturated rings. The summed E-state index contributed by atoms with van der Waals surface area (Å²) in [5.41, 5.74) is 7.54. The van der Waals surface area contributed by atoms with Gasteiger partial charge in [-0.25, -0.2) is 0 Å². The fraction of sp³-hybridized carbons (Fsp3) is 0.833. The van der Waals surface area contributed by atoms with Crippen LogP contribution in [0.3, 0.4) is 0 Å². The van der Waals surface area contributed by atoms with E-state index in [1.807, 2.05) is 0 Å². The normalized spacial score (nSPS) is 15.9. The van der Waals surface area contributed by atoms with E-state index in [-0.39, 0.29) is 0 Å². The van der Waals surface area contributed by atoms with Gasteiger partial charge in [-0.15, -0.1) is 0 Å². The molecule has 0 aromatic heterocycles. The smallest absolute Gasteiger partial charge is 0.122 e. The molecule has 22 heavy (non-hydrogen) atoms. The number of carbonyl (C=O) groups is 2. The second kappa shape index (κ2) is 13.4. The first kappa shape index (κ1) is 23.0. The van der Waals surface area contributed by atoms with Gasteiger partial charge < -0.3 is 51.7 Å². The molecule has 4 atom stereocenters. The Hall–Kier alpha value is -1.30. The van der Waals surface area contributed by atoms with Crippen molar-refractivity contribution in [2.45, 2.75) is 50.1 Å². The Kier molecular flexibility index (Phi) is 14.0. The van der Waals surface area contributed by atoms with E-state index in [2.05, 4.69) is 11.5 Å². The predicted molar refractivity (Wildman–Crippen MR) is 68.0 cm³/mol. The monoisotopic (exact) mass is 326 g/mol. The molecule has 0 unspecified atom stereocenters. The van der Waals surface area contributed by atoms with Crippen molar-refractivity contribution >= 4 is 11.9 Å². The maximum atomic E-state index is 9.96. The first-order valence-corrected chi connectivity index (χ1v) is 6.93. The molecule has 0 aliphatic rings. The predicted octanol–water partition coefficient (Wildman–Crippen LogP) is -7.04. The number of aliphatic carboxylic acids is 2. The van der Waals surface area contributed by atoms with Crippen molar-refractivity contribution in [3.63, 3.8) is 0 Å². The minimum Gasteiger partial charge on any atom is -0.547 e. The van der Waals surface area contributed by atoms with Gasteiger partial charge in [0.15, 0.2) is 0 Å². The molecule has 0 heterocycles. The highest BCUT2D eigenvalue weighted by molar-refractivity contribution is 5.72. The first-order chi connectivity index (χ1) is 10.2. The lowest BCUT2D eigenvalue weighted by atomic mass is 10.0. The second-order valence-electron chi connectivity index (χ2n) is 4.63. The Bertz CT molecular complexity index is 286. The zero-order chi connectivity index (χ0) is 17.7. The quantitative estimate of drug-likeness (QED) is 0.211. The molecule has 0 aliphatic carbocycles. The van der Waals surface area contributed by atoms with E-state index in [0.717, 1.165) is 13.1 Å². The summed E-state index contributed by atoms with van der Waals surface area (Å²) in [6.07, 6.45) is -4.49. The molecule has 0 bridgehead atoms. The fourth-order valence-electron chi connectivity index (χ4n) is 1.36. The van der Waals surface area contributed by atoms with Gasteiger partial charge in [-0.3, -0.25) is 0 Å². The molecule has 0 saturated carbocycles. The minimum atomic E-state index is -2.50. The lowest BCUT2D eigenvalue weighted by Crippen LogP contribution is -2.55. The summed E-state index contributed by atoms with van der Waals surface area (Å²) >= 11 is 0. The third kappa shape index (κ3) is 10.4. The molecule has 0 spiro atoms. The van der Waals surface area contributed by atoms with E-state index in [4.69, 9.17) is 20.4 Å². The van der Waals surface area contributed by atoms with Crippen molar-refractivity contribution in [1.82, 2.24) is 0 Å². The van der Waals surface area contributed by atoms with Gasteiger partial charge in [-0.1, -0.05) is 0 Å². The average Bonchev–Trinajstić information content (AvgIpc) is 2.49. The van der Waals surface area contributed by atoms with Crippen LogP contribution in [0, 0.1) is 0 Å². The molecule has 0 aromatic rings. The van der Waals surface area contributed by atoms with Crippen LogP contribution in [0.4, 0.5) is 0 Å². The van der Waals surface area contributed by atoms with E-state index in [1.54, 1.807) is 0 Å². The Morgan fingerprint density at radius 2 is 1.00 bits per heavy atom.